The number of carboxylic acid groups (broad SMARTS) is 2. The fourth-order valence-corrected chi connectivity index (χ4v) is 3.42. The van der Waals surface area contributed by atoms with Gasteiger partial charge in [0.05, 0.1) is 11.9 Å². The molecule has 0 heterocycles. The van der Waals surface area contributed by atoms with Gasteiger partial charge in [0.25, 0.3) is 0 Å². The molecule has 1 unspecified atom stereocenters. The summed E-state index contributed by atoms with van der Waals surface area (Å²) in [6.45, 7) is 4.32. The first-order valence-corrected chi connectivity index (χ1v) is 10.4. The smallest absolute Gasteiger partial charge is 0.549 e. The van der Waals surface area contributed by atoms with Crippen LogP contribution in [0, 0.1) is 11.8 Å². The molecule has 0 rings (SSSR count). The molecule has 0 aromatic heterocycles. The van der Waals surface area contributed by atoms with Crippen molar-refractivity contribution in [2.24, 2.45) is 11.8 Å². The third kappa shape index (κ3) is 15.9. The minimum atomic E-state index is -1.51. The van der Waals surface area contributed by atoms with E-state index in [1.165, 1.54) is 51.4 Å². The van der Waals surface area contributed by atoms with E-state index < -0.39 is 17.9 Å². The van der Waals surface area contributed by atoms with E-state index in [-0.39, 0.29) is 35.4 Å². The van der Waals surface area contributed by atoms with Gasteiger partial charge in [-0.3, -0.25) is 0 Å². The first-order chi connectivity index (χ1) is 12.0. The Bertz CT molecular complexity index is 333. The topological polar surface area (TPSA) is 80.3 Å². The van der Waals surface area contributed by atoms with E-state index in [1.807, 2.05) is 0 Å². The van der Waals surface area contributed by atoms with Gasteiger partial charge in [-0.2, -0.15) is 0 Å². The molecule has 0 spiro atoms. The van der Waals surface area contributed by atoms with Crippen LogP contribution in [-0.4, -0.2) is 35.0 Å². The Kier molecular flexibility index (Phi) is 20.9. The van der Waals surface area contributed by atoms with Crippen molar-refractivity contribution in [1.82, 2.24) is 0 Å². The Morgan fingerprint density at radius 1 is 0.654 bits per heavy atom. The van der Waals surface area contributed by atoms with Crippen molar-refractivity contribution in [3.05, 3.63) is 0 Å². The van der Waals surface area contributed by atoms with Crippen LogP contribution in [0.15, 0.2) is 0 Å². The molecule has 0 radical (unpaired) electrons. The fraction of sp³-hybridized carbons (Fsp3) is 0.905. The van der Waals surface area contributed by atoms with Crippen LogP contribution in [0.4, 0.5) is 0 Å². The van der Waals surface area contributed by atoms with Gasteiger partial charge >= 0.3 is 23.1 Å². The third-order valence-electron chi connectivity index (χ3n) is 5.07. The number of aliphatic carboxylic acids is 2. The van der Waals surface area contributed by atoms with Gasteiger partial charge in [0.15, 0.2) is 0 Å². The zero-order chi connectivity index (χ0) is 18.9. The summed E-state index contributed by atoms with van der Waals surface area (Å²) >= 11 is 0. The van der Waals surface area contributed by atoms with E-state index in [2.05, 4.69) is 13.8 Å². The average Bonchev–Trinajstić information content (AvgIpc) is 2.57. The summed E-state index contributed by atoms with van der Waals surface area (Å²) in [4.78, 5) is 21.9. The number of unbranched alkanes of at least 4 members (excludes halogenated alkanes) is 10. The molecule has 0 aromatic rings. The predicted octanol–water partition coefficient (Wildman–Crippen LogP) is 3.23. The largest absolute Gasteiger partial charge is 2.00 e. The Morgan fingerprint density at radius 3 is 1.46 bits per heavy atom. The number of hydrogen-bond acceptors (Lipinski definition) is 4. The molecule has 0 N–H and O–H groups in total. The van der Waals surface area contributed by atoms with E-state index in [0.717, 1.165) is 38.5 Å². The van der Waals surface area contributed by atoms with Gasteiger partial charge in [-0.05, 0) is 12.3 Å². The standard InChI is InChI=1S/C21H40O4.Mg/c1-3-5-7-8-9-10-11-12-13-14-16-18(15-6-4-2)17-19(20(22)23)21(24)25;/h18-19H,3-17H2,1-2H3,(H,22,23)(H,24,25);/q;+2/p-2. The Labute approximate surface area is 176 Å². The van der Waals surface area contributed by atoms with E-state index in [4.69, 9.17) is 0 Å². The summed E-state index contributed by atoms with van der Waals surface area (Å²) in [5, 5.41) is 21.9. The first-order valence-electron chi connectivity index (χ1n) is 10.4. The maximum atomic E-state index is 11.0. The Morgan fingerprint density at radius 2 is 1.04 bits per heavy atom. The molecule has 26 heavy (non-hydrogen) atoms. The molecule has 0 saturated carbocycles. The number of carbonyl (C=O) groups excluding carboxylic acids is 2. The molecule has 0 aliphatic heterocycles. The number of carboxylic acids is 2. The maximum absolute atomic E-state index is 11.0. The summed E-state index contributed by atoms with van der Waals surface area (Å²) in [5.41, 5.74) is 0. The zero-order valence-corrected chi connectivity index (χ0v) is 18.5. The fourth-order valence-electron chi connectivity index (χ4n) is 3.42. The molecule has 4 nitrogen and oxygen atoms in total. The van der Waals surface area contributed by atoms with Crippen LogP contribution in [0.2, 0.25) is 0 Å². The van der Waals surface area contributed by atoms with E-state index in [0.29, 0.717) is 0 Å². The summed E-state index contributed by atoms with van der Waals surface area (Å²) < 4.78 is 0. The average molecular weight is 379 g/mol. The van der Waals surface area contributed by atoms with Gasteiger partial charge in [0, 0.05) is 5.92 Å². The molecule has 0 amide bonds. The molecular weight excluding hydrogens is 341 g/mol. The number of rotatable bonds is 18. The van der Waals surface area contributed by atoms with Gasteiger partial charge in [0.1, 0.15) is 0 Å². The van der Waals surface area contributed by atoms with Crippen molar-refractivity contribution in [2.45, 2.75) is 110 Å². The van der Waals surface area contributed by atoms with Crippen molar-refractivity contribution < 1.29 is 19.8 Å². The quantitative estimate of drug-likeness (QED) is 0.208. The van der Waals surface area contributed by atoms with Crippen LogP contribution in [0.1, 0.15) is 110 Å². The predicted molar refractivity (Wildman–Crippen MR) is 103 cm³/mol. The summed E-state index contributed by atoms with van der Waals surface area (Å²) in [6.07, 6.45) is 16.7. The van der Waals surface area contributed by atoms with Crippen LogP contribution in [0.3, 0.4) is 0 Å². The van der Waals surface area contributed by atoms with Crippen LogP contribution in [0.25, 0.3) is 0 Å². The van der Waals surface area contributed by atoms with Gasteiger partial charge in [-0.15, -0.1) is 0 Å². The van der Waals surface area contributed by atoms with Crippen LogP contribution >= 0.6 is 0 Å². The molecule has 148 valence electrons. The van der Waals surface area contributed by atoms with Crippen molar-refractivity contribution in [1.29, 1.82) is 0 Å². The summed E-state index contributed by atoms with van der Waals surface area (Å²) in [7, 11) is 0. The minimum absolute atomic E-state index is 0. The molecule has 0 saturated heterocycles. The second-order valence-electron chi connectivity index (χ2n) is 7.41. The normalized spacial score (nSPS) is 12.0. The Balaban J connectivity index is 0. The van der Waals surface area contributed by atoms with Crippen molar-refractivity contribution in [3.8, 4) is 0 Å². The molecule has 5 heteroatoms. The molecule has 1 atom stereocenters. The SMILES string of the molecule is CCCCCCCCCCCCC(CCCC)CC(C(=O)[O-])C(=O)[O-].[Mg+2]. The molecule has 0 aromatic carbocycles. The molecule has 0 fully saturated rings. The van der Waals surface area contributed by atoms with Crippen molar-refractivity contribution in [3.63, 3.8) is 0 Å². The van der Waals surface area contributed by atoms with Gasteiger partial charge in [-0.1, -0.05) is 104 Å². The van der Waals surface area contributed by atoms with Gasteiger partial charge < -0.3 is 19.8 Å². The number of carbonyl (C=O) groups is 2. The Hall–Kier alpha value is -0.294. The van der Waals surface area contributed by atoms with Crippen molar-refractivity contribution >= 4 is 35.0 Å². The molecular formula is C21H38MgO4. The second-order valence-corrected chi connectivity index (χ2v) is 7.41. The van der Waals surface area contributed by atoms with E-state index in [1.54, 1.807) is 0 Å². The van der Waals surface area contributed by atoms with Crippen molar-refractivity contribution in [2.75, 3.05) is 0 Å². The van der Waals surface area contributed by atoms with Crippen LogP contribution in [-0.2, 0) is 9.59 Å². The summed E-state index contributed by atoms with van der Waals surface area (Å²) in [6, 6.07) is 0. The van der Waals surface area contributed by atoms with Gasteiger partial charge in [-0.25, -0.2) is 0 Å². The first kappa shape index (κ1) is 27.9. The third-order valence-corrected chi connectivity index (χ3v) is 5.07. The van der Waals surface area contributed by atoms with Crippen LogP contribution in [0.5, 0.6) is 0 Å². The molecule has 0 bridgehead atoms. The van der Waals surface area contributed by atoms with E-state index in [9.17, 15) is 19.8 Å². The molecule has 0 aliphatic carbocycles. The van der Waals surface area contributed by atoms with Crippen LogP contribution < -0.4 is 10.2 Å². The summed E-state index contributed by atoms with van der Waals surface area (Å²) in [5.74, 6) is -4.34. The zero-order valence-electron chi connectivity index (χ0n) is 17.1. The second kappa shape index (κ2) is 19.5. The molecule has 0 aliphatic rings. The van der Waals surface area contributed by atoms with Gasteiger partial charge in [0.2, 0.25) is 0 Å². The van der Waals surface area contributed by atoms with E-state index >= 15 is 0 Å². The number of hydrogen-bond donors (Lipinski definition) is 0. The maximum Gasteiger partial charge on any atom is 2.00 e. The monoisotopic (exact) mass is 378 g/mol. The minimum Gasteiger partial charge on any atom is -0.549 e.